The third-order valence-corrected chi connectivity index (χ3v) is 1.67. The van der Waals surface area contributed by atoms with Crippen LogP contribution < -0.4 is 0 Å². The van der Waals surface area contributed by atoms with E-state index in [1.54, 1.807) is 6.33 Å². The van der Waals surface area contributed by atoms with E-state index in [1.165, 1.54) is 6.33 Å². The maximum absolute atomic E-state index is 4.03. The predicted octanol–water partition coefficient (Wildman–Crippen LogP) is 0.634. The first-order valence-corrected chi connectivity index (χ1v) is 4.29. The van der Waals surface area contributed by atoms with Crippen molar-refractivity contribution in [2.75, 3.05) is 5.75 Å². The van der Waals surface area contributed by atoms with Gasteiger partial charge in [-0.05, 0) is 5.92 Å². The zero-order valence-corrected chi connectivity index (χ0v) is 7.55. The Morgan fingerprint density at radius 3 is 3.15 bits per heavy atom. The van der Waals surface area contributed by atoms with Crippen LogP contribution in [-0.4, -0.2) is 25.7 Å². The van der Waals surface area contributed by atoms with Crippen LogP contribution in [-0.2, 0) is 0 Å². The third-order valence-electron chi connectivity index (χ3n) is 1.51. The molecule has 2 aromatic rings. The summed E-state index contributed by atoms with van der Waals surface area (Å²) in [6, 6.07) is 0. The first kappa shape index (κ1) is 8.08. The van der Waals surface area contributed by atoms with Gasteiger partial charge in [-0.15, -0.1) is 0 Å². The molecule has 0 unspecified atom stereocenters. The number of nitrogens with zero attached hydrogens (tertiary/aromatic N) is 3. The second kappa shape index (κ2) is 3.46. The molecule has 4 nitrogen and oxygen atoms in total. The van der Waals surface area contributed by atoms with Gasteiger partial charge in [-0.3, -0.25) is 0 Å². The number of H-pyrrole nitrogens is 1. The minimum atomic E-state index is 0.514. The molecule has 2 aromatic heterocycles. The lowest BCUT2D eigenvalue weighted by atomic mass is 10.3. The normalized spacial score (nSPS) is 9.62. The Hall–Kier alpha value is -1.54. The molecule has 1 N–H and O–H groups in total. The number of rotatable bonds is 0. The maximum Gasteiger partial charge on any atom is 0.181 e. The van der Waals surface area contributed by atoms with Gasteiger partial charge in [0.2, 0.25) is 0 Å². The molecular weight excluding hydrogens is 184 g/mol. The van der Waals surface area contributed by atoms with Crippen LogP contribution in [0.3, 0.4) is 0 Å². The summed E-state index contributed by atoms with van der Waals surface area (Å²) in [4.78, 5) is 14.9. The van der Waals surface area contributed by atoms with Gasteiger partial charge < -0.3 is 4.98 Å². The smallest absolute Gasteiger partial charge is 0.181 e. The minimum absolute atomic E-state index is 0.514. The van der Waals surface area contributed by atoms with E-state index in [9.17, 15) is 0 Å². The van der Waals surface area contributed by atoms with Crippen molar-refractivity contribution in [1.29, 1.82) is 0 Å². The molecule has 64 valence electrons. The van der Waals surface area contributed by atoms with Gasteiger partial charge >= 0.3 is 0 Å². The summed E-state index contributed by atoms with van der Waals surface area (Å²) in [5.74, 6) is 6.21. The van der Waals surface area contributed by atoms with Crippen LogP contribution in [0, 0.1) is 11.8 Å². The maximum atomic E-state index is 4.03. The van der Waals surface area contributed by atoms with E-state index in [1.807, 2.05) is 0 Å². The van der Waals surface area contributed by atoms with Crippen molar-refractivity contribution in [3.05, 3.63) is 18.3 Å². The molecule has 13 heavy (non-hydrogen) atoms. The van der Waals surface area contributed by atoms with Crippen molar-refractivity contribution in [3.8, 4) is 11.8 Å². The standard InChI is InChI=1S/C8H6N4S/c13-3-1-2-6-7-8(11-4-9-6)12-5-10-7/h4-5,13H,3H2,(H,9,10,11,12). The molecule has 2 rings (SSSR count). The molecule has 0 aliphatic heterocycles. The number of aromatic amines is 1. The number of hydrogen-bond donors (Lipinski definition) is 2. The Balaban J connectivity index is 2.61. The second-order valence-electron chi connectivity index (χ2n) is 2.28. The summed E-state index contributed by atoms with van der Waals surface area (Å²) in [6.07, 6.45) is 3.02. The molecule has 5 heteroatoms. The number of thiol groups is 1. The van der Waals surface area contributed by atoms with E-state index in [0.29, 0.717) is 17.1 Å². The van der Waals surface area contributed by atoms with E-state index in [0.717, 1.165) is 5.52 Å². The molecule has 0 atom stereocenters. The number of aromatic nitrogens is 4. The molecule has 0 saturated heterocycles. The highest BCUT2D eigenvalue weighted by atomic mass is 32.1. The zero-order valence-electron chi connectivity index (χ0n) is 6.65. The minimum Gasteiger partial charge on any atom is -0.341 e. The summed E-state index contributed by atoms with van der Waals surface area (Å²) >= 11 is 3.99. The number of hydrogen-bond acceptors (Lipinski definition) is 4. The van der Waals surface area contributed by atoms with Crippen LogP contribution in [0.2, 0.25) is 0 Å². The molecule has 0 aliphatic rings. The van der Waals surface area contributed by atoms with E-state index in [4.69, 9.17) is 0 Å². The molecule has 0 fully saturated rings. The summed E-state index contributed by atoms with van der Waals surface area (Å²) in [7, 11) is 0. The van der Waals surface area contributed by atoms with E-state index >= 15 is 0 Å². The quantitative estimate of drug-likeness (QED) is 0.473. The molecule has 0 saturated carbocycles. The van der Waals surface area contributed by atoms with Crippen LogP contribution in [0.15, 0.2) is 12.7 Å². The van der Waals surface area contributed by atoms with Crippen molar-refractivity contribution in [1.82, 2.24) is 19.9 Å². The van der Waals surface area contributed by atoms with Crippen molar-refractivity contribution >= 4 is 23.8 Å². The fourth-order valence-electron chi connectivity index (χ4n) is 0.983. The highest BCUT2D eigenvalue weighted by molar-refractivity contribution is 7.80. The average Bonchev–Trinajstić information content (AvgIpc) is 2.62. The lowest BCUT2D eigenvalue weighted by Gasteiger charge is -1.89. The summed E-state index contributed by atoms with van der Waals surface area (Å²) < 4.78 is 0. The summed E-state index contributed by atoms with van der Waals surface area (Å²) in [5.41, 5.74) is 2.08. The fraction of sp³-hybridized carbons (Fsp3) is 0.125. The molecule has 2 heterocycles. The highest BCUT2D eigenvalue weighted by Gasteiger charge is 2.01. The largest absolute Gasteiger partial charge is 0.341 e. The Morgan fingerprint density at radius 1 is 1.38 bits per heavy atom. The zero-order chi connectivity index (χ0) is 9.10. The lowest BCUT2D eigenvalue weighted by molar-refractivity contribution is 1.18. The summed E-state index contributed by atoms with van der Waals surface area (Å²) in [6.45, 7) is 0. The van der Waals surface area contributed by atoms with Crippen LogP contribution in [0.4, 0.5) is 0 Å². The van der Waals surface area contributed by atoms with Gasteiger partial charge in [-0.25, -0.2) is 15.0 Å². The van der Waals surface area contributed by atoms with Gasteiger partial charge in [-0.1, -0.05) is 5.92 Å². The number of imidazole rings is 1. The van der Waals surface area contributed by atoms with Gasteiger partial charge in [-0.2, -0.15) is 12.6 Å². The molecule has 0 amide bonds. The van der Waals surface area contributed by atoms with Gasteiger partial charge in [0.15, 0.2) is 5.65 Å². The highest BCUT2D eigenvalue weighted by Crippen LogP contribution is 2.07. The number of fused-ring (bicyclic) bond motifs is 1. The van der Waals surface area contributed by atoms with Crippen molar-refractivity contribution in [3.63, 3.8) is 0 Å². The molecule has 0 aromatic carbocycles. The monoisotopic (exact) mass is 190 g/mol. The third kappa shape index (κ3) is 1.48. The van der Waals surface area contributed by atoms with Gasteiger partial charge in [0.25, 0.3) is 0 Å². The van der Waals surface area contributed by atoms with E-state index < -0.39 is 0 Å². The van der Waals surface area contributed by atoms with Crippen molar-refractivity contribution < 1.29 is 0 Å². The average molecular weight is 190 g/mol. The number of nitrogens with one attached hydrogen (secondary N) is 1. The van der Waals surface area contributed by atoms with E-state index in [-0.39, 0.29) is 0 Å². The molecule has 0 bridgehead atoms. The van der Waals surface area contributed by atoms with Gasteiger partial charge in [0.05, 0.1) is 12.1 Å². The Morgan fingerprint density at radius 2 is 2.31 bits per heavy atom. The first-order chi connectivity index (χ1) is 6.42. The Labute approximate surface area is 80.2 Å². The van der Waals surface area contributed by atoms with Gasteiger partial charge in [0.1, 0.15) is 17.5 Å². The second-order valence-corrected chi connectivity index (χ2v) is 2.60. The topological polar surface area (TPSA) is 54.5 Å². The summed E-state index contributed by atoms with van der Waals surface area (Å²) in [5, 5.41) is 0. The van der Waals surface area contributed by atoms with Crippen LogP contribution in [0.25, 0.3) is 11.2 Å². The predicted molar refractivity (Wildman–Crippen MR) is 52.4 cm³/mol. The molecular formula is C8H6N4S. The van der Waals surface area contributed by atoms with E-state index in [2.05, 4.69) is 44.4 Å². The van der Waals surface area contributed by atoms with Crippen LogP contribution in [0.5, 0.6) is 0 Å². The Kier molecular flexibility index (Phi) is 2.15. The SMILES string of the molecule is SCC#Cc1ncnc2nc[nH]c12. The van der Waals surface area contributed by atoms with Crippen LogP contribution in [0.1, 0.15) is 5.69 Å². The van der Waals surface area contributed by atoms with Crippen molar-refractivity contribution in [2.45, 2.75) is 0 Å². The first-order valence-electron chi connectivity index (χ1n) is 3.65. The van der Waals surface area contributed by atoms with Crippen LogP contribution >= 0.6 is 12.6 Å². The fourth-order valence-corrected chi connectivity index (χ4v) is 1.06. The lowest BCUT2D eigenvalue weighted by Crippen LogP contribution is -1.87. The Bertz CT molecular complexity index is 479. The van der Waals surface area contributed by atoms with Gasteiger partial charge in [0, 0.05) is 0 Å². The molecule has 0 radical (unpaired) electrons. The molecule has 0 spiro atoms. The molecule has 0 aliphatic carbocycles. The van der Waals surface area contributed by atoms with Crippen molar-refractivity contribution in [2.24, 2.45) is 0 Å².